The van der Waals surface area contributed by atoms with Crippen molar-refractivity contribution in [1.82, 2.24) is 4.90 Å². The topological polar surface area (TPSA) is 82.2 Å². The maximum Gasteiger partial charge on any atom is 0.123 e. The van der Waals surface area contributed by atoms with Gasteiger partial charge in [-0.05, 0) is 54.4 Å². The summed E-state index contributed by atoms with van der Waals surface area (Å²) in [5, 5.41) is 20.5. The Labute approximate surface area is 210 Å². The number of nitrogens with two attached hydrogens (primary N) is 1. The molecule has 8 heteroatoms. The predicted octanol–water partition coefficient (Wildman–Crippen LogP) is 4.42. The first kappa shape index (κ1) is 25.3. The van der Waals surface area contributed by atoms with Crippen molar-refractivity contribution in [2.75, 3.05) is 43.5 Å². The van der Waals surface area contributed by atoms with Crippen LogP contribution in [0.2, 0.25) is 5.02 Å². The van der Waals surface area contributed by atoms with E-state index in [1.54, 1.807) is 30.3 Å². The van der Waals surface area contributed by atoms with Crippen LogP contribution in [-0.2, 0) is 0 Å². The van der Waals surface area contributed by atoms with Gasteiger partial charge in [0.05, 0.1) is 29.5 Å². The molecule has 1 aliphatic rings. The number of β-amino-alcohol motifs (C(OH)–C–C–N with tert-alkyl or cyclic N) is 1. The highest BCUT2D eigenvalue weighted by Gasteiger charge is 2.34. The minimum Gasteiger partial charge on any atom is -0.491 e. The molecule has 35 heavy (non-hydrogen) atoms. The zero-order valence-corrected chi connectivity index (χ0v) is 20.4. The third kappa shape index (κ3) is 6.05. The van der Waals surface area contributed by atoms with Crippen LogP contribution in [0, 0.1) is 5.82 Å². The fraction of sp³-hybridized carbons (Fsp3) is 0.333. The number of aliphatic hydroxyl groups excluding tert-OH is 2. The van der Waals surface area contributed by atoms with E-state index in [0.717, 1.165) is 16.8 Å². The summed E-state index contributed by atoms with van der Waals surface area (Å²) in [6.07, 6.45) is -0.662. The molecular weight excluding hydrogens is 469 g/mol. The van der Waals surface area contributed by atoms with Gasteiger partial charge in [-0.1, -0.05) is 35.9 Å². The number of piperazine rings is 1. The normalized spacial score (nSPS) is 19.5. The molecule has 0 amide bonds. The fourth-order valence-corrected chi connectivity index (χ4v) is 4.82. The van der Waals surface area contributed by atoms with Crippen molar-refractivity contribution in [1.29, 1.82) is 0 Å². The van der Waals surface area contributed by atoms with E-state index in [4.69, 9.17) is 27.2 Å². The van der Waals surface area contributed by atoms with Crippen LogP contribution in [0.15, 0.2) is 66.7 Å². The average molecular weight is 500 g/mol. The van der Waals surface area contributed by atoms with Crippen LogP contribution in [0.4, 0.5) is 15.8 Å². The van der Waals surface area contributed by atoms with E-state index in [1.165, 1.54) is 12.1 Å². The minimum absolute atomic E-state index is 0.0757. The third-order valence-electron chi connectivity index (χ3n) is 6.44. The Balaban J connectivity index is 1.60. The summed E-state index contributed by atoms with van der Waals surface area (Å²) in [7, 11) is 0. The number of nitrogens with zero attached hydrogens (tertiary/aromatic N) is 2. The van der Waals surface area contributed by atoms with E-state index in [0.29, 0.717) is 36.1 Å². The summed E-state index contributed by atoms with van der Waals surface area (Å²) < 4.78 is 19.2. The molecule has 0 spiro atoms. The van der Waals surface area contributed by atoms with Crippen LogP contribution >= 0.6 is 11.6 Å². The van der Waals surface area contributed by atoms with Crippen molar-refractivity contribution in [3.8, 4) is 5.75 Å². The lowest BCUT2D eigenvalue weighted by Gasteiger charge is -2.47. The first-order valence-corrected chi connectivity index (χ1v) is 12.1. The highest BCUT2D eigenvalue weighted by Crippen LogP contribution is 2.38. The number of hydrogen-bond donors (Lipinski definition) is 3. The minimum atomic E-state index is -0.662. The van der Waals surface area contributed by atoms with Crippen molar-refractivity contribution < 1.29 is 19.3 Å². The summed E-state index contributed by atoms with van der Waals surface area (Å²) in [6.45, 7) is 3.98. The third-order valence-corrected chi connectivity index (χ3v) is 6.74. The molecule has 1 heterocycles. The molecule has 1 saturated heterocycles. The van der Waals surface area contributed by atoms with Crippen molar-refractivity contribution in [3.05, 3.63) is 88.7 Å². The molecule has 0 radical (unpaired) electrons. The Morgan fingerprint density at radius 3 is 2.46 bits per heavy atom. The Bertz CT molecular complexity index is 1110. The van der Waals surface area contributed by atoms with E-state index in [2.05, 4.69) is 16.7 Å². The Hall–Kier alpha value is -2.84. The predicted molar refractivity (Wildman–Crippen MR) is 137 cm³/mol. The molecule has 3 aromatic rings. The van der Waals surface area contributed by atoms with Gasteiger partial charge in [-0.3, -0.25) is 4.90 Å². The van der Waals surface area contributed by atoms with Crippen LogP contribution in [0.5, 0.6) is 5.75 Å². The Morgan fingerprint density at radius 1 is 1.09 bits per heavy atom. The van der Waals surface area contributed by atoms with Crippen molar-refractivity contribution in [2.24, 2.45) is 0 Å². The first-order valence-electron chi connectivity index (χ1n) is 11.7. The number of ether oxygens (including phenoxy) is 1. The van der Waals surface area contributed by atoms with E-state index < -0.39 is 6.10 Å². The maximum absolute atomic E-state index is 13.7. The first-order chi connectivity index (χ1) is 16.9. The highest BCUT2D eigenvalue weighted by atomic mass is 35.5. The number of rotatable bonds is 8. The number of hydrogen-bond acceptors (Lipinski definition) is 6. The second-order valence-corrected chi connectivity index (χ2v) is 9.30. The standard InChI is InChI=1S/C27H31ClFN3O3/c1-18-15-32(25-11-10-23(14-24(25)28)35-13-12-33)26(19-2-6-21(29)7-3-19)16-31(18)17-27(34)20-4-8-22(30)9-5-20/h2-11,14,18,26-27,33-34H,12-13,15-17,30H2,1H3/t18-,26+,27?/m1/s1. The summed E-state index contributed by atoms with van der Waals surface area (Å²) >= 11 is 6.67. The quantitative estimate of drug-likeness (QED) is 0.398. The van der Waals surface area contributed by atoms with E-state index in [1.807, 2.05) is 24.3 Å². The molecule has 186 valence electrons. The molecule has 4 N–H and O–H groups in total. The van der Waals surface area contributed by atoms with Gasteiger partial charge in [0.2, 0.25) is 0 Å². The van der Waals surface area contributed by atoms with Crippen LogP contribution < -0.4 is 15.4 Å². The molecular formula is C27H31ClFN3O3. The van der Waals surface area contributed by atoms with Crippen molar-refractivity contribution in [3.63, 3.8) is 0 Å². The zero-order chi connectivity index (χ0) is 24.9. The van der Waals surface area contributed by atoms with E-state index in [9.17, 15) is 9.50 Å². The van der Waals surface area contributed by atoms with Gasteiger partial charge in [0, 0.05) is 37.4 Å². The molecule has 1 unspecified atom stereocenters. The van der Waals surface area contributed by atoms with Crippen LogP contribution in [0.1, 0.15) is 30.2 Å². The average Bonchev–Trinajstić information content (AvgIpc) is 2.85. The van der Waals surface area contributed by atoms with Gasteiger partial charge in [-0.15, -0.1) is 0 Å². The van der Waals surface area contributed by atoms with Gasteiger partial charge >= 0.3 is 0 Å². The molecule has 0 aromatic heterocycles. The molecule has 0 bridgehead atoms. The number of nitrogen functional groups attached to an aromatic ring is 1. The van der Waals surface area contributed by atoms with E-state index in [-0.39, 0.29) is 31.1 Å². The molecule has 0 saturated carbocycles. The number of aliphatic hydroxyl groups is 2. The zero-order valence-electron chi connectivity index (χ0n) is 19.6. The molecule has 1 aliphatic heterocycles. The summed E-state index contributed by atoms with van der Waals surface area (Å²) in [6, 6.07) is 19.3. The van der Waals surface area contributed by atoms with Crippen LogP contribution in [0.3, 0.4) is 0 Å². The van der Waals surface area contributed by atoms with Gasteiger partial charge in [0.1, 0.15) is 18.2 Å². The molecule has 0 aliphatic carbocycles. The van der Waals surface area contributed by atoms with Crippen molar-refractivity contribution >= 4 is 23.0 Å². The summed E-state index contributed by atoms with van der Waals surface area (Å²) in [4.78, 5) is 4.47. The SMILES string of the molecule is C[C@@H]1CN(c2ccc(OCCO)cc2Cl)[C@H](c2ccc(F)cc2)CN1CC(O)c1ccc(N)cc1. The van der Waals surface area contributed by atoms with Crippen molar-refractivity contribution in [2.45, 2.75) is 25.1 Å². The lowest BCUT2D eigenvalue weighted by Crippen LogP contribution is -2.54. The van der Waals surface area contributed by atoms with Gasteiger partial charge in [0.25, 0.3) is 0 Å². The van der Waals surface area contributed by atoms with Crippen LogP contribution in [0.25, 0.3) is 0 Å². The molecule has 4 rings (SSSR count). The number of benzene rings is 3. The Morgan fingerprint density at radius 2 is 1.80 bits per heavy atom. The number of anilines is 2. The lowest BCUT2D eigenvalue weighted by atomic mass is 9.97. The largest absolute Gasteiger partial charge is 0.491 e. The van der Waals surface area contributed by atoms with Gasteiger partial charge < -0.3 is 25.6 Å². The van der Waals surface area contributed by atoms with Gasteiger partial charge in [-0.25, -0.2) is 4.39 Å². The fourth-order valence-electron chi connectivity index (χ4n) is 4.54. The van der Waals surface area contributed by atoms with Gasteiger partial charge in [0.15, 0.2) is 0 Å². The highest BCUT2D eigenvalue weighted by molar-refractivity contribution is 6.33. The van der Waals surface area contributed by atoms with Crippen LogP contribution in [-0.4, -0.2) is 54.0 Å². The molecule has 3 atom stereocenters. The summed E-state index contributed by atoms with van der Waals surface area (Å²) in [5.41, 5.74) is 9.07. The lowest BCUT2D eigenvalue weighted by molar-refractivity contribution is 0.0740. The maximum atomic E-state index is 13.7. The smallest absolute Gasteiger partial charge is 0.123 e. The van der Waals surface area contributed by atoms with Gasteiger partial charge in [-0.2, -0.15) is 0 Å². The molecule has 6 nitrogen and oxygen atoms in total. The monoisotopic (exact) mass is 499 g/mol. The molecule has 1 fully saturated rings. The second-order valence-electron chi connectivity index (χ2n) is 8.89. The summed E-state index contributed by atoms with van der Waals surface area (Å²) in [5.74, 6) is 0.299. The second kappa shape index (κ2) is 11.3. The Kier molecular flexibility index (Phi) is 8.13. The molecule has 3 aromatic carbocycles. The van der Waals surface area contributed by atoms with E-state index >= 15 is 0 Å². The number of halogens is 2.